The molecular weight excluding hydrogens is 212 g/mol. The van der Waals surface area contributed by atoms with E-state index < -0.39 is 5.41 Å². The van der Waals surface area contributed by atoms with Gasteiger partial charge in [0.25, 0.3) is 0 Å². The molecule has 0 spiro atoms. The molecule has 1 unspecified atom stereocenters. The van der Waals surface area contributed by atoms with E-state index in [2.05, 4.69) is 24.3 Å². The molecule has 1 heterocycles. The normalized spacial score (nSPS) is 23.9. The van der Waals surface area contributed by atoms with Crippen molar-refractivity contribution in [2.45, 2.75) is 18.8 Å². The molecule has 1 fully saturated rings. The van der Waals surface area contributed by atoms with Crippen molar-refractivity contribution in [1.82, 2.24) is 0 Å². The van der Waals surface area contributed by atoms with Crippen molar-refractivity contribution < 1.29 is 9.53 Å². The lowest BCUT2D eigenvalue weighted by Crippen LogP contribution is -2.27. The molecule has 2 aromatic rings. The first-order chi connectivity index (χ1) is 8.20. The quantitative estimate of drug-likeness (QED) is 0.698. The molecule has 0 saturated carbocycles. The number of carbonyl (C=O) groups excluding carboxylic acids is 1. The van der Waals surface area contributed by atoms with Gasteiger partial charge in [-0.25, -0.2) is 0 Å². The van der Waals surface area contributed by atoms with E-state index in [1.807, 2.05) is 25.1 Å². The summed E-state index contributed by atoms with van der Waals surface area (Å²) in [5.41, 5.74) is 0.586. The Bertz CT molecular complexity index is 588. The Morgan fingerprint density at radius 3 is 2.59 bits per heavy atom. The zero-order valence-electron chi connectivity index (χ0n) is 9.77. The third kappa shape index (κ3) is 1.52. The molecule has 1 atom stereocenters. The maximum Gasteiger partial charge on any atom is 0.316 e. The van der Waals surface area contributed by atoms with Gasteiger partial charge in [0.2, 0.25) is 0 Å². The second kappa shape index (κ2) is 3.59. The highest BCUT2D eigenvalue weighted by Gasteiger charge is 2.41. The van der Waals surface area contributed by atoms with Crippen molar-refractivity contribution >= 4 is 16.7 Å². The molecule has 2 heteroatoms. The fourth-order valence-electron chi connectivity index (χ4n) is 2.40. The Labute approximate surface area is 100 Å². The third-order valence-electron chi connectivity index (χ3n) is 3.67. The van der Waals surface area contributed by atoms with Crippen LogP contribution in [-0.2, 0) is 14.9 Å². The Kier molecular flexibility index (Phi) is 2.18. The minimum atomic E-state index is -0.468. The van der Waals surface area contributed by atoms with Crippen LogP contribution in [0.25, 0.3) is 10.8 Å². The van der Waals surface area contributed by atoms with Crippen molar-refractivity contribution in [3.63, 3.8) is 0 Å². The first kappa shape index (κ1) is 10.3. The summed E-state index contributed by atoms with van der Waals surface area (Å²) in [5, 5.41) is 2.37. The summed E-state index contributed by atoms with van der Waals surface area (Å²) < 4.78 is 5.10. The second-order valence-corrected chi connectivity index (χ2v) is 4.78. The number of cyclic esters (lactones) is 1. The number of carbonyl (C=O) groups is 1. The van der Waals surface area contributed by atoms with Crippen LogP contribution in [0.15, 0.2) is 42.5 Å². The van der Waals surface area contributed by atoms with Gasteiger partial charge in [0.15, 0.2) is 0 Å². The lowest BCUT2D eigenvalue weighted by molar-refractivity contribution is -0.142. The molecule has 2 aromatic carbocycles. The summed E-state index contributed by atoms with van der Waals surface area (Å²) in [6.07, 6.45) is 0.768. The van der Waals surface area contributed by atoms with Crippen molar-refractivity contribution in [2.24, 2.45) is 0 Å². The van der Waals surface area contributed by atoms with Crippen LogP contribution >= 0.6 is 0 Å². The molecule has 1 aliphatic rings. The first-order valence-electron chi connectivity index (χ1n) is 5.87. The smallest absolute Gasteiger partial charge is 0.316 e. The minimum Gasteiger partial charge on any atom is -0.465 e. The van der Waals surface area contributed by atoms with E-state index in [1.54, 1.807) is 0 Å². The van der Waals surface area contributed by atoms with Gasteiger partial charge in [0.1, 0.15) is 0 Å². The second-order valence-electron chi connectivity index (χ2n) is 4.78. The molecule has 0 amide bonds. The molecule has 2 nitrogen and oxygen atoms in total. The minimum absolute atomic E-state index is 0.104. The average molecular weight is 226 g/mol. The van der Waals surface area contributed by atoms with Crippen molar-refractivity contribution in [3.05, 3.63) is 48.0 Å². The SMILES string of the molecule is CC1(c2ccc3ccccc3c2)CCOC1=O. The molecule has 0 aromatic heterocycles. The highest BCUT2D eigenvalue weighted by molar-refractivity contribution is 5.88. The fourth-order valence-corrected chi connectivity index (χ4v) is 2.40. The van der Waals surface area contributed by atoms with E-state index >= 15 is 0 Å². The summed E-state index contributed by atoms with van der Waals surface area (Å²) >= 11 is 0. The number of fused-ring (bicyclic) bond motifs is 1. The fraction of sp³-hybridized carbons (Fsp3) is 0.267. The largest absolute Gasteiger partial charge is 0.465 e. The van der Waals surface area contributed by atoms with Gasteiger partial charge in [-0.1, -0.05) is 42.5 Å². The van der Waals surface area contributed by atoms with Crippen LogP contribution in [0, 0.1) is 0 Å². The van der Waals surface area contributed by atoms with Crippen LogP contribution in [0.3, 0.4) is 0 Å². The summed E-state index contributed by atoms with van der Waals surface area (Å²) in [5.74, 6) is -0.104. The highest BCUT2D eigenvalue weighted by atomic mass is 16.5. The topological polar surface area (TPSA) is 26.3 Å². The third-order valence-corrected chi connectivity index (χ3v) is 3.67. The van der Waals surface area contributed by atoms with E-state index in [1.165, 1.54) is 10.8 Å². The molecule has 0 bridgehead atoms. The number of benzene rings is 2. The van der Waals surface area contributed by atoms with Crippen LogP contribution in [-0.4, -0.2) is 12.6 Å². The molecule has 3 rings (SSSR count). The van der Waals surface area contributed by atoms with E-state index in [0.29, 0.717) is 6.61 Å². The zero-order valence-corrected chi connectivity index (χ0v) is 9.77. The van der Waals surface area contributed by atoms with Gasteiger partial charge >= 0.3 is 5.97 Å². The van der Waals surface area contributed by atoms with Crippen LogP contribution in [0.1, 0.15) is 18.9 Å². The zero-order chi connectivity index (χ0) is 11.9. The molecule has 0 aliphatic carbocycles. The Balaban J connectivity index is 2.15. The molecule has 0 N–H and O–H groups in total. The van der Waals surface area contributed by atoms with Crippen molar-refractivity contribution in [1.29, 1.82) is 0 Å². The number of esters is 1. The van der Waals surface area contributed by atoms with E-state index in [9.17, 15) is 4.79 Å². The Morgan fingerprint density at radius 2 is 1.88 bits per heavy atom. The van der Waals surface area contributed by atoms with Gasteiger partial charge in [0.05, 0.1) is 12.0 Å². The number of hydrogen-bond donors (Lipinski definition) is 0. The van der Waals surface area contributed by atoms with Crippen LogP contribution in [0.2, 0.25) is 0 Å². The molecular formula is C15H14O2. The number of rotatable bonds is 1. The van der Waals surface area contributed by atoms with Gasteiger partial charge in [-0.2, -0.15) is 0 Å². The van der Waals surface area contributed by atoms with Gasteiger partial charge in [-0.3, -0.25) is 4.79 Å². The summed E-state index contributed by atoms with van der Waals surface area (Å²) in [6, 6.07) is 14.4. The first-order valence-corrected chi connectivity index (χ1v) is 5.87. The number of ether oxygens (including phenoxy) is 1. The predicted molar refractivity (Wildman–Crippen MR) is 66.9 cm³/mol. The molecule has 1 aliphatic heterocycles. The van der Waals surface area contributed by atoms with E-state index in [-0.39, 0.29) is 5.97 Å². The standard InChI is InChI=1S/C15H14O2/c1-15(8-9-17-14(15)16)13-7-6-11-4-2-3-5-12(11)10-13/h2-7,10H,8-9H2,1H3. The summed E-state index contributed by atoms with van der Waals surface area (Å²) in [7, 11) is 0. The van der Waals surface area contributed by atoms with Gasteiger partial charge in [0, 0.05) is 6.42 Å². The van der Waals surface area contributed by atoms with Gasteiger partial charge in [-0.15, -0.1) is 0 Å². The van der Waals surface area contributed by atoms with E-state index in [4.69, 9.17) is 4.74 Å². The van der Waals surface area contributed by atoms with Crippen LogP contribution < -0.4 is 0 Å². The van der Waals surface area contributed by atoms with Gasteiger partial charge < -0.3 is 4.74 Å². The van der Waals surface area contributed by atoms with Crippen molar-refractivity contribution in [3.8, 4) is 0 Å². The number of hydrogen-bond acceptors (Lipinski definition) is 2. The van der Waals surface area contributed by atoms with Crippen LogP contribution in [0.4, 0.5) is 0 Å². The molecule has 0 radical (unpaired) electrons. The lowest BCUT2D eigenvalue weighted by Gasteiger charge is -2.19. The summed E-state index contributed by atoms with van der Waals surface area (Å²) in [6.45, 7) is 2.49. The monoisotopic (exact) mass is 226 g/mol. The maximum absolute atomic E-state index is 11.8. The Hall–Kier alpha value is -1.83. The molecule has 1 saturated heterocycles. The molecule has 17 heavy (non-hydrogen) atoms. The van der Waals surface area contributed by atoms with Crippen molar-refractivity contribution in [2.75, 3.05) is 6.61 Å². The predicted octanol–water partition coefficient (Wildman–Crippen LogP) is 3.04. The average Bonchev–Trinajstić information content (AvgIpc) is 2.70. The lowest BCUT2D eigenvalue weighted by atomic mass is 9.80. The maximum atomic E-state index is 11.8. The van der Waals surface area contributed by atoms with Gasteiger partial charge in [-0.05, 0) is 23.3 Å². The highest BCUT2D eigenvalue weighted by Crippen LogP contribution is 2.35. The van der Waals surface area contributed by atoms with Crippen LogP contribution in [0.5, 0.6) is 0 Å². The van der Waals surface area contributed by atoms with E-state index in [0.717, 1.165) is 12.0 Å². The molecule has 86 valence electrons. The Morgan fingerprint density at radius 1 is 1.12 bits per heavy atom. The summed E-state index contributed by atoms with van der Waals surface area (Å²) in [4.78, 5) is 11.8.